The fourth-order valence-corrected chi connectivity index (χ4v) is 2.87. The van der Waals surface area contributed by atoms with E-state index in [1.807, 2.05) is 20.0 Å². The molecule has 0 bridgehead atoms. The van der Waals surface area contributed by atoms with E-state index in [1.54, 1.807) is 0 Å². The van der Waals surface area contributed by atoms with E-state index in [0.29, 0.717) is 0 Å². The predicted molar refractivity (Wildman–Crippen MR) is 87.7 cm³/mol. The molecule has 2 heterocycles. The largest absolute Gasteiger partial charge is 0.348 e. The van der Waals surface area contributed by atoms with Crippen LogP contribution in [0.15, 0.2) is 6.20 Å². The number of aromatic nitrogens is 2. The molecule has 6 heteroatoms. The van der Waals surface area contributed by atoms with Crippen molar-refractivity contribution in [3.63, 3.8) is 0 Å². The number of amides is 1. The van der Waals surface area contributed by atoms with E-state index in [0.717, 1.165) is 30.3 Å². The van der Waals surface area contributed by atoms with Crippen molar-refractivity contribution in [1.29, 1.82) is 0 Å². The Morgan fingerprint density at radius 3 is 2.55 bits per heavy atom. The van der Waals surface area contributed by atoms with Gasteiger partial charge in [-0.05, 0) is 26.7 Å². The molecular formula is C16H27N5O. The van der Waals surface area contributed by atoms with Crippen LogP contribution in [0, 0.1) is 6.92 Å². The van der Waals surface area contributed by atoms with E-state index in [9.17, 15) is 4.79 Å². The van der Waals surface area contributed by atoms with Crippen LogP contribution in [-0.4, -0.2) is 35.5 Å². The Morgan fingerprint density at radius 1 is 1.32 bits per heavy atom. The summed E-state index contributed by atoms with van der Waals surface area (Å²) in [5.74, 6) is 0.639. The van der Waals surface area contributed by atoms with Gasteiger partial charge in [-0.2, -0.15) is 0 Å². The molecule has 0 aliphatic carbocycles. The molecule has 1 aromatic heterocycles. The first-order chi connectivity index (χ1) is 10.6. The molecule has 1 saturated heterocycles. The van der Waals surface area contributed by atoms with Gasteiger partial charge in [0.2, 0.25) is 11.9 Å². The number of hydrogen-bond donors (Lipinski definition) is 2. The van der Waals surface area contributed by atoms with E-state index in [2.05, 4.69) is 20.2 Å². The Morgan fingerprint density at radius 2 is 1.95 bits per heavy atom. The maximum absolute atomic E-state index is 11.4. The van der Waals surface area contributed by atoms with Crippen LogP contribution in [0.3, 0.4) is 0 Å². The van der Waals surface area contributed by atoms with Crippen molar-refractivity contribution in [2.24, 2.45) is 5.73 Å². The maximum Gasteiger partial charge on any atom is 0.234 e. The Hall–Kier alpha value is -1.69. The molecule has 6 nitrogen and oxygen atoms in total. The van der Waals surface area contributed by atoms with Crippen molar-refractivity contribution in [2.75, 3.05) is 24.5 Å². The maximum atomic E-state index is 11.4. The standard InChI is InChI=1S/C16H27N5O/c1-12(19-15(22)10-17)14-11-18-16(20-13(14)2)21-8-6-4-3-5-7-9-21/h11-12H,3-10,17H2,1-2H3,(H,19,22)/t12-/m0/s1. The predicted octanol–water partition coefficient (Wildman–Crippen LogP) is 1.69. The number of carbonyl (C=O) groups is 1. The van der Waals surface area contributed by atoms with Crippen LogP contribution in [-0.2, 0) is 4.79 Å². The molecule has 3 N–H and O–H groups in total. The van der Waals surface area contributed by atoms with Crippen molar-refractivity contribution < 1.29 is 4.79 Å². The summed E-state index contributed by atoms with van der Waals surface area (Å²) in [7, 11) is 0. The van der Waals surface area contributed by atoms with Crippen LogP contribution in [0.2, 0.25) is 0 Å². The highest BCUT2D eigenvalue weighted by Crippen LogP contribution is 2.20. The highest BCUT2D eigenvalue weighted by molar-refractivity contribution is 5.78. The van der Waals surface area contributed by atoms with Gasteiger partial charge >= 0.3 is 0 Å². The zero-order valence-electron chi connectivity index (χ0n) is 13.6. The lowest BCUT2D eigenvalue weighted by Gasteiger charge is -2.25. The summed E-state index contributed by atoms with van der Waals surface area (Å²) >= 11 is 0. The zero-order chi connectivity index (χ0) is 15.9. The molecule has 0 aromatic carbocycles. The van der Waals surface area contributed by atoms with E-state index in [4.69, 9.17) is 5.73 Å². The lowest BCUT2D eigenvalue weighted by atomic mass is 10.1. The highest BCUT2D eigenvalue weighted by Gasteiger charge is 2.16. The third-order valence-electron chi connectivity index (χ3n) is 4.17. The summed E-state index contributed by atoms with van der Waals surface area (Å²) in [5, 5.41) is 2.85. The average Bonchev–Trinajstić information content (AvgIpc) is 2.46. The molecule has 22 heavy (non-hydrogen) atoms. The van der Waals surface area contributed by atoms with Crippen molar-refractivity contribution in [3.8, 4) is 0 Å². The summed E-state index contributed by atoms with van der Waals surface area (Å²) in [6.07, 6.45) is 8.15. The first-order valence-corrected chi connectivity index (χ1v) is 8.19. The third-order valence-corrected chi connectivity index (χ3v) is 4.17. The van der Waals surface area contributed by atoms with Crippen molar-refractivity contribution >= 4 is 11.9 Å². The molecule has 122 valence electrons. The molecule has 1 aromatic rings. The van der Waals surface area contributed by atoms with Crippen molar-refractivity contribution in [1.82, 2.24) is 15.3 Å². The van der Waals surface area contributed by atoms with E-state index < -0.39 is 0 Å². The quantitative estimate of drug-likeness (QED) is 0.884. The Bertz CT molecular complexity index is 497. The normalized spacial score (nSPS) is 17.5. The lowest BCUT2D eigenvalue weighted by Crippen LogP contribution is -2.33. The number of rotatable bonds is 4. The highest BCUT2D eigenvalue weighted by atomic mass is 16.1. The summed E-state index contributed by atoms with van der Waals surface area (Å²) < 4.78 is 0. The van der Waals surface area contributed by atoms with Gasteiger partial charge in [0.15, 0.2) is 0 Å². The first-order valence-electron chi connectivity index (χ1n) is 8.19. The van der Waals surface area contributed by atoms with Crippen LogP contribution < -0.4 is 16.0 Å². The average molecular weight is 305 g/mol. The number of anilines is 1. The Balaban J connectivity index is 2.09. The molecule has 0 saturated carbocycles. The van der Waals surface area contributed by atoms with Gasteiger partial charge in [-0.1, -0.05) is 19.3 Å². The minimum absolute atomic E-state index is 0.00386. The molecule has 1 aliphatic rings. The van der Waals surface area contributed by atoms with Gasteiger partial charge in [0.25, 0.3) is 0 Å². The molecule has 1 aliphatic heterocycles. The number of carbonyl (C=O) groups excluding carboxylic acids is 1. The lowest BCUT2D eigenvalue weighted by molar-refractivity contribution is -0.120. The molecule has 0 radical (unpaired) electrons. The van der Waals surface area contributed by atoms with Crippen LogP contribution in [0.4, 0.5) is 5.95 Å². The fraction of sp³-hybridized carbons (Fsp3) is 0.688. The second kappa shape index (κ2) is 8.08. The van der Waals surface area contributed by atoms with E-state index in [1.165, 1.54) is 32.1 Å². The van der Waals surface area contributed by atoms with Gasteiger partial charge in [-0.25, -0.2) is 9.97 Å². The van der Waals surface area contributed by atoms with Gasteiger partial charge in [0.05, 0.1) is 12.6 Å². The van der Waals surface area contributed by atoms with Crippen LogP contribution in [0.25, 0.3) is 0 Å². The zero-order valence-corrected chi connectivity index (χ0v) is 13.6. The molecule has 1 atom stereocenters. The third kappa shape index (κ3) is 4.40. The van der Waals surface area contributed by atoms with Crippen molar-refractivity contribution in [2.45, 2.75) is 52.0 Å². The monoisotopic (exact) mass is 305 g/mol. The molecule has 1 amide bonds. The number of nitrogens with one attached hydrogen (secondary N) is 1. The number of aryl methyl sites for hydroxylation is 1. The summed E-state index contributed by atoms with van der Waals surface area (Å²) in [6.45, 7) is 5.94. The minimum atomic E-state index is -0.167. The molecular weight excluding hydrogens is 278 g/mol. The molecule has 0 spiro atoms. The smallest absolute Gasteiger partial charge is 0.234 e. The van der Waals surface area contributed by atoms with E-state index >= 15 is 0 Å². The van der Waals surface area contributed by atoms with Gasteiger partial charge < -0.3 is 16.0 Å². The van der Waals surface area contributed by atoms with Gasteiger partial charge in [0, 0.05) is 30.5 Å². The first kappa shape index (κ1) is 16.7. The summed E-state index contributed by atoms with van der Waals surface area (Å²) in [4.78, 5) is 22.9. The Labute approximate surface area is 132 Å². The van der Waals surface area contributed by atoms with Crippen molar-refractivity contribution in [3.05, 3.63) is 17.5 Å². The van der Waals surface area contributed by atoms with Crippen LogP contribution >= 0.6 is 0 Å². The number of nitrogens with zero attached hydrogens (tertiary/aromatic N) is 3. The topological polar surface area (TPSA) is 84.1 Å². The van der Waals surface area contributed by atoms with Gasteiger partial charge in [-0.15, -0.1) is 0 Å². The second-order valence-electron chi connectivity index (χ2n) is 5.96. The number of nitrogens with two attached hydrogens (primary N) is 1. The Kier molecular flexibility index (Phi) is 6.12. The minimum Gasteiger partial charge on any atom is -0.348 e. The SMILES string of the molecule is Cc1nc(N2CCCCCCC2)ncc1[C@H](C)NC(=O)CN. The van der Waals surface area contributed by atoms with Gasteiger partial charge in [-0.3, -0.25) is 4.79 Å². The van der Waals surface area contributed by atoms with Gasteiger partial charge in [0.1, 0.15) is 0 Å². The molecule has 1 fully saturated rings. The van der Waals surface area contributed by atoms with Crippen LogP contribution in [0.5, 0.6) is 0 Å². The van der Waals surface area contributed by atoms with E-state index in [-0.39, 0.29) is 18.5 Å². The number of hydrogen-bond acceptors (Lipinski definition) is 5. The van der Waals surface area contributed by atoms with Crippen LogP contribution in [0.1, 0.15) is 56.3 Å². The summed E-state index contributed by atoms with van der Waals surface area (Å²) in [5.41, 5.74) is 7.19. The summed E-state index contributed by atoms with van der Waals surface area (Å²) in [6, 6.07) is -0.127. The second-order valence-corrected chi connectivity index (χ2v) is 5.96. The molecule has 2 rings (SSSR count). The molecule has 0 unspecified atom stereocenters. The fourth-order valence-electron chi connectivity index (χ4n) is 2.87.